The van der Waals surface area contributed by atoms with Crippen molar-refractivity contribution >= 4 is 11.6 Å². The summed E-state index contributed by atoms with van der Waals surface area (Å²) in [5.74, 6) is 1.65. The van der Waals surface area contributed by atoms with E-state index in [2.05, 4.69) is 33.8 Å². The lowest BCUT2D eigenvalue weighted by Gasteiger charge is -2.67. The summed E-state index contributed by atoms with van der Waals surface area (Å²) in [6.45, 7) is 8.68. The topological polar surface area (TPSA) is 43.4 Å². The predicted molar refractivity (Wildman–Crippen MR) is 92.2 cm³/mol. The maximum Gasteiger partial charge on any atom is 0.159 e. The molecule has 4 fully saturated rings. The summed E-state index contributed by atoms with van der Waals surface area (Å²) >= 11 is 0. The van der Waals surface area contributed by atoms with E-state index in [1.165, 1.54) is 5.57 Å². The average Bonchev–Trinajstić information content (AvgIpc) is 2.67. The van der Waals surface area contributed by atoms with Crippen LogP contribution in [0, 0.1) is 22.7 Å². The Morgan fingerprint density at radius 3 is 2.75 bits per heavy atom. The smallest absolute Gasteiger partial charge is 0.159 e. The summed E-state index contributed by atoms with van der Waals surface area (Å²) in [6, 6.07) is 0. The summed E-state index contributed by atoms with van der Waals surface area (Å²) in [5, 5.41) is 0. The summed E-state index contributed by atoms with van der Waals surface area (Å²) in [7, 11) is 0. The number of allylic oxidation sites excluding steroid dienone is 4. The quantitative estimate of drug-likeness (QED) is 0.723. The first kappa shape index (κ1) is 16.1. The van der Waals surface area contributed by atoms with Gasteiger partial charge < -0.3 is 4.74 Å². The summed E-state index contributed by atoms with van der Waals surface area (Å²) in [4.78, 5) is 25.6. The Morgan fingerprint density at radius 2 is 2.04 bits per heavy atom. The van der Waals surface area contributed by atoms with Crippen LogP contribution < -0.4 is 0 Å². The first-order valence-electron chi connectivity index (χ1n) is 9.33. The van der Waals surface area contributed by atoms with Crippen LogP contribution in [0.2, 0.25) is 0 Å². The van der Waals surface area contributed by atoms with E-state index >= 15 is 0 Å². The number of ketones is 2. The Hall–Kier alpha value is -1.38. The minimum atomic E-state index is -0.478. The molecule has 0 amide bonds. The second-order valence-corrected chi connectivity index (χ2v) is 9.22. The molecule has 0 radical (unpaired) electrons. The van der Waals surface area contributed by atoms with Crippen molar-refractivity contribution in [2.75, 3.05) is 0 Å². The zero-order valence-electron chi connectivity index (χ0n) is 15.3. The zero-order chi connectivity index (χ0) is 17.3. The van der Waals surface area contributed by atoms with Gasteiger partial charge >= 0.3 is 0 Å². The third-order valence-corrected chi connectivity index (χ3v) is 7.31. The van der Waals surface area contributed by atoms with E-state index in [4.69, 9.17) is 4.74 Å². The molecule has 5 rings (SSSR count). The molecule has 4 atom stereocenters. The minimum Gasteiger partial charge on any atom is -0.490 e. The lowest BCUT2D eigenvalue weighted by atomic mass is 9.35. The third kappa shape index (κ3) is 1.84. The van der Waals surface area contributed by atoms with E-state index in [1.54, 1.807) is 6.08 Å². The highest BCUT2D eigenvalue weighted by Gasteiger charge is 2.76. The normalized spacial score (nSPS) is 41.6. The molecule has 2 bridgehead atoms. The standard InChI is InChI=1S/C21H28O3/c1-13(2)6-5-8-20-9-7-15-19(3,4)16-10-14(22)11-18(24-20)21(15,16)17(23)12-20/h6,11,15-16H,5,7-10,12H2,1-4H3/t15-,16+,20-,21-/m1/s1. The van der Waals surface area contributed by atoms with Gasteiger partial charge in [0.15, 0.2) is 11.6 Å². The molecule has 3 heteroatoms. The van der Waals surface area contributed by atoms with Crippen LogP contribution in [0.4, 0.5) is 0 Å². The van der Waals surface area contributed by atoms with Crippen LogP contribution in [0.5, 0.6) is 0 Å². The van der Waals surface area contributed by atoms with Crippen molar-refractivity contribution < 1.29 is 14.3 Å². The fourth-order valence-corrected chi connectivity index (χ4v) is 6.24. The number of rotatable bonds is 3. The van der Waals surface area contributed by atoms with Gasteiger partial charge in [-0.3, -0.25) is 9.59 Å². The van der Waals surface area contributed by atoms with E-state index in [1.807, 2.05) is 0 Å². The Balaban J connectivity index is 1.75. The number of carbonyl (C=O) groups excluding carboxylic acids is 2. The predicted octanol–water partition coefficient (Wildman–Crippen LogP) is 4.37. The van der Waals surface area contributed by atoms with Gasteiger partial charge in [-0.25, -0.2) is 0 Å². The number of hydrogen-bond donors (Lipinski definition) is 0. The van der Waals surface area contributed by atoms with E-state index in [-0.39, 0.29) is 17.1 Å². The first-order valence-corrected chi connectivity index (χ1v) is 9.33. The van der Waals surface area contributed by atoms with Gasteiger partial charge in [0.2, 0.25) is 0 Å². The molecule has 2 heterocycles. The fraction of sp³-hybridized carbons (Fsp3) is 0.714. The van der Waals surface area contributed by atoms with Gasteiger partial charge in [0, 0.05) is 18.9 Å². The Bertz CT molecular complexity index is 679. The lowest BCUT2D eigenvalue weighted by molar-refractivity contribution is -0.207. The number of ether oxygens (including phenoxy) is 1. The van der Waals surface area contributed by atoms with Gasteiger partial charge in [-0.15, -0.1) is 0 Å². The second kappa shape index (κ2) is 4.83. The molecule has 0 aromatic rings. The van der Waals surface area contributed by atoms with E-state index in [0.717, 1.165) is 31.4 Å². The number of carbonyl (C=O) groups is 2. The molecule has 2 saturated carbocycles. The SMILES string of the molecule is CC(C)=CCC[C@]12CC[C@@H]3C(C)(C)[C@@H]4CC(=O)C=C(O1)[C@]34C(=O)C2. The lowest BCUT2D eigenvalue weighted by Crippen LogP contribution is -2.69. The van der Waals surface area contributed by atoms with Crippen LogP contribution in [0.25, 0.3) is 0 Å². The molecule has 0 aromatic carbocycles. The molecule has 2 aliphatic heterocycles. The molecular formula is C21H28O3. The van der Waals surface area contributed by atoms with E-state index in [9.17, 15) is 9.59 Å². The molecule has 5 aliphatic rings. The molecule has 3 nitrogen and oxygen atoms in total. The molecule has 1 spiro atoms. The molecule has 3 aliphatic carbocycles. The zero-order valence-corrected chi connectivity index (χ0v) is 15.3. The van der Waals surface area contributed by atoms with Crippen molar-refractivity contribution in [2.24, 2.45) is 22.7 Å². The highest BCUT2D eigenvalue weighted by Crippen LogP contribution is 2.75. The first-order chi connectivity index (χ1) is 11.2. The highest BCUT2D eigenvalue weighted by molar-refractivity contribution is 6.00. The van der Waals surface area contributed by atoms with E-state index in [0.29, 0.717) is 24.5 Å². The Kier molecular flexibility index (Phi) is 3.24. The maximum absolute atomic E-state index is 13.3. The van der Waals surface area contributed by atoms with Crippen molar-refractivity contribution in [3.63, 3.8) is 0 Å². The van der Waals surface area contributed by atoms with Crippen molar-refractivity contribution in [1.29, 1.82) is 0 Å². The monoisotopic (exact) mass is 328 g/mol. The van der Waals surface area contributed by atoms with Gasteiger partial charge in [0.05, 0.1) is 5.41 Å². The maximum atomic E-state index is 13.3. The van der Waals surface area contributed by atoms with Gasteiger partial charge in [0.25, 0.3) is 0 Å². The molecule has 2 saturated heterocycles. The van der Waals surface area contributed by atoms with Crippen LogP contribution in [0.15, 0.2) is 23.5 Å². The summed E-state index contributed by atoms with van der Waals surface area (Å²) in [6.07, 6.45) is 8.69. The number of Topliss-reactive ketones (excluding diaryl/α,β-unsaturated/α-hetero) is 1. The van der Waals surface area contributed by atoms with Crippen LogP contribution in [0.1, 0.15) is 66.2 Å². The molecule has 0 unspecified atom stereocenters. The van der Waals surface area contributed by atoms with Crippen molar-refractivity contribution in [1.82, 2.24) is 0 Å². The molecular weight excluding hydrogens is 300 g/mol. The minimum absolute atomic E-state index is 0.0501. The fourth-order valence-electron chi connectivity index (χ4n) is 6.24. The average molecular weight is 328 g/mol. The van der Waals surface area contributed by atoms with Gasteiger partial charge in [0.1, 0.15) is 11.4 Å². The number of fused-ring (bicyclic) bond motifs is 2. The second-order valence-electron chi connectivity index (χ2n) is 9.22. The number of hydrogen-bond acceptors (Lipinski definition) is 3. The highest BCUT2D eigenvalue weighted by atomic mass is 16.5. The molecule has 0 N–H and O–H groups in total. The third-order valence-electron chi connectivity index (χ3n) is 7.31. The Morgan fingerprint density at radius 1 is 1.29 bits per heavy atom. The van der Waals surface area contributed by atoms with Gasteiger partial charge in [-0.05, 0) is 56.8 Å². The van der Waals surface area contributed by atoms with Crippen LogP contribution in [-0.4, -0.2) is 17.2 Å². The summed E-state index contributed by atoms with van der Waals surface area (Å²) in [5.41, 5.74) is 0.477. The molecule has 24 heavy (non-hydrogen) atoms. The van der Waals surface area contributed by atoms with Gasteiger partial charge in [-0.2, -0.15) is 0 Å². The van der Waals surface area contributed by atoms with E-state index < -0.39 is 11.0 Å². The molecule has 0 aromatic heterocycles. The Labute approximate surface area is 144 Å². The van der Waals surface area contributed by atoms with Gasteiger partial charge in [-0.1, -0.05) is 25.5 Å². The van der Waals surface area contributed by atoms with Crippen LogP contribution in [0.3, 0.4) is 0 Å². The van der Waals surface area contributed by atoms with Crippen LogP contribution >= 0.6 is 0 Å². The summed E-state index contributed by atoms with van der Waals surface area (Å²) < 4.78 is 6.50. The van der Waals surface area contributed by atoms with Crippen molar-refractivity contribution in [2.45, 2.75) is 71.8 Å². The largest absolute Gasteiger partial charge is 0.490 e. The van der Waals surface area contributed by atoms with Crippen LogP contribution in [-0.2, 0) is 14.3 Å². The van der Waals surface area contributed by atoms with Crippen molar-refractivity contribution in [3.05, 3.63) is 23.5 Å². The van der Waals surface area contributed by atoms with Crippen molar-refractivity contribution in [3.8, 4) is 0 Å². The molecule has 130 valence electrons.